The van der Waals surface area contributed by atoms with E-state index in [0.29, 0.717) is 19.6 Å². The van der Waals surface area contributed by atoms with Crippen LogP contribution in [-0.4, -0.2) is 48.5 Å². The van der Waals surface area contributed by atoms with Crippen molar-refractivity contribution in [1.82, 2.24) is 14.5 Å². The number of aliphatic carboxylic acids is 1. The number of nitrogens with one attached hydrogen (secondary N) is 1. The molecule has 2 rings (SSSR count). The van der Waals surface area contributed by atoms with E-state index in [-0.39, 0.29) is 17.4 Å². The number of unbranched alkanes of at least 4 members (excludes halogenated alkanes) is 1. The summed E-state index contributed by atoms with van der Waals surface area (Å²) in [4.78, 5) is 11.1. The molecule has 124 valence electrons. The average Bonchev–Trinajstić information content (AvgIpc) is 3.12. The standard InChI is InChI=1S/C13H21N3O5S/c1-2-3-4-12(13(17)18)15-22(19,20)11-7-14-16(8-11)10-5-6-21-9-10/h7-8,10,12,15H,2-6,9H2,1H3,(H,17,18)/t10?,12-/m0/s1. The maximum absolute atomic E-state index is 12.3. The molecule has 0 radical (unpaired) electrons. The predicted molar refractivity (Wildman–Crippen MR) is 78.0 cm³/mol. The van der Waals surface area contributed by atoms with E-state index in [2.05, 4.69) is 9.82 Å². The molecule has 0 bridgehead atoms. The molecule has 1 aromatic rings. The summed E-state index contributed by atoms with van der Waals surface area (Å²) < 4.78 is 33.6. The molecule has 1 unspecified atom stereocenters. The number of ether oxygens (including phenoxy) is 1. The highest BCUT2D eigenvalue weighted by Crippen LogP contribution is 2.20. The Hall–Kier alpha value is -1.45. The Morgan fingerprint density at radius 2 is 2.41 bits per heavy atom. The summed E-state index contributed by atoms with van der Waals surface area (Å²) in [5, 5.41) is 13.2. The van der Waals surface area contributed by atoms with Crippen LogP contribution in [0.3, 0.4) is 0 Å². The van der Waals surface area contributed by atoms with Crippen LogP contribution in [0.1, 0.15) is 38.6 Å². The SMILES string of the molecule is CCCC[C@H](NS(=O)(=O)c1cnn(C2CCOC2)c1)C(=O)O. The Morgan fingerprint density at radius 1 is 1.64 bits per heavy atom. The first-order valence-electron chi connectivity index (χ1n) is 7.31. The van der Waals surface area contributed by atoms with Crippen molar-refractivity contribution in [1.29, 1.82) is 0 Å². The molecule has 0 aromatic carbocycles. The Kier molecular flexibility index (Phi) is 5.54. The molecule has 1 fully saturated rings. The number of hydrogen-bond donors (Lipinski definition) is 2. The number of sulfonamides is 1. The van der Waals surface area contributed by atoms with Gasteiger partial charge in [0.05, 0.1) is 18.8 Å². The zero-order valence-corrected chi connectivity index (χ0v) is 13.3. The van der Waals surface area contributed by atoms with Crippen LogP contribution in [0.5, 0.6) is 0 Å². The minimum Gasteiger partial charge on any atom is -0.480 e. The van der Waals surface area contributed by atoms with Gasteiger partial charge in [-0.15, -0.1) is 0 Å². The van der Waals surface area contributed by atoms with Crippen LogP contribution in [-0.2, 0) is 19.6 Å². The first-order valence-corrected chi connectivity index (χ1v) is 8.79. The van der Waals surface area contributed by atoms with Gasteiger partial charge in [-0.2, -0.15) is 9.82 Å². The predicted octanol–water partition coefficient (Wildman–Crippen LogP) is 0.766. The molecule has 2 atom stereocenters. The molecular formula is C13H21N3O5S. The second-order valence-electron chi connectivity index (χ2n) is 5.33. The monoisotopic (exact) mass is 331 g/mol. The summed E-state index contributed by atoms with van der Waals surface area (Å²) in [6.07, 6.45) is 5.13. The summed E-state index contributed by atoms with van der Waals surface area (Å²) in [6, 6.07) is -1.09. The van der Waals surface area contributed by atoms with Crippen molar-refractivity contribution in [3.8, 4) is 0 Å². The lowest BCUT2D eigenvalue weighted by atomic mass is 10.1. The number of carboxylic acid groups (broad SMARTS) is 1. The molecule has 9 heteroatoms. The summed E-state index contributed by atoms with van der Waals surface area (Å²) in [5.41, 5.74) is 0. The van der Waals surface area contributed by atoms with Gasteiger partial charge in [0.15, 0.2) is 0 Å². The van der Waals surface area contributed by atoms with E-state index in [1.165, 1.54) is 12.4 Å². The third-order valence-electron chi connectivity index (χ3n) is 3.61. The number of nitrogens with zero attached hydrogens (tertiary/aromatic N) is 2. The lowest BCUT2D eigenvalue weighted by molar-refractivity contribution is -0.139. The normalized spacial score (nSPS) is 20.1. The van der Waals surface area contributed by atoms with Gasteiger partial charge in [-0.1, -0.05) is 19.8 Å². The summed E-state index contributed by atoms with van der Waals surface area (Å²) >= 11 is 0. The molecule has 1 aliphatic heterocycles. The van der Waals surface area contributed by atoms with Crippen molar-refractivity contribution in [2.75, 3.05) is 13.2 Å². The number of hydrogen-bond acceptors (Lipinski definition) is 5. The fourth-order valence-corrected chi connectivity index (χ4v) is 3.45. The fourth-order valence-electron chi connectivity index (χ4n) is 2.29. The molecule has 0 aliphatic carbocycles. The lowest BCUT2D eigenvalue weighted by Crippen LogP contribution is -2.40. The van der Waals surface area contributed by atoms with Gasteiger partial charge < -0.3 is 9.84 Å². The topological polar surface area (TPSA) is 111 Å². The third kappa shape index (κ3) is 4.05. The van der Waals surface area contributed by atoms with Gasteiger partial charge in [-0.25, -0.2) is 8.42 Å². The zero-order chi connectivity index (χ0) is 16.2. The lowest BCUT2D eigenvalue weighted by Gasteiger charge is -2.13. The van der Waals surface area contributed by atoms with Crippen LogP contribution in [0.2, 0.25) is 0 Å². The third-order valence-corrected chi connectivity index (χ3v) is 5.04. The molecule has 1 saturated heterocycles. The smallest absolute Gasteiger partial charge is 0.321 e. The molecule has 1 aliphatic rings. The van der Waals surface area contributed by atoms with Crippen LogP contribution in [0.25, 0.3) is 0 Å². The van der Waals surface area contributed by atoms with Crippen molar-refractivity contribution in [3.63, 3.8) is 0 Å². The molecular weight excluding hydrogens is 310 g/mol. The quantitative estimate of drug-likeness (QED) is 0.728. The van der Waals surface area contributed by atoms with E-state index in [4.69, 9.17) is 9.84 Å². The highest BCUT2D eigenvalue weighted by atomic mass is 32.2. The second kappa shape index (κ2) is 7.21. The van der Waals surface area contributed by atoms with Gasteiger partial charge in [0.2, 0.25) is 10.0 Å². The first kappa shape index (κ1) is 16.9. The Bertz CT molecular complexity index is 607. The maximum atomic E-state index is 12.3. The highest BCUT2D eigenvalue weighted by Gasteiger charge is 2.27. The van der Waals surface area contributed by atoms with E-state index >= 15 is 0 Å². The van der Waals surface area contributed by atoms with Gasteiger partial charge >= 0.3 is 5.97 Å². The zero-order valence-electron chi connectivity index (χ0n) is 12.4. The van der Waals surface area contributed by atoms with Crippen molar-refractivity contribution >= 4 is 16.0 Å². The molecule has 2 N–H and O–H groups in total. The van der Waals surface area contributed by atoms with Gasteiger partial charge in [0.1, 0.15) is 10.9 Å². The Balaban J connectivity index is 2.10. The molecule has 0 spiro atoms. The van der Waals surface area contributed by atoms with Crippen LogP contribution >= 0.6 is 0 Å². The minimum atomic E-state index is -3.90. The maximum Gasteiger partial charge on any atom is 0.321 e. The van der Waals surface area contributed by atoms with E-state index < -0.39 is 22.0 Å². The van der Waals surface area contributed by atoms with E-state index in [0.717, 1.165) is 12.8 Å². The molecule has 0 saturated carbocycles. The Morgan fingerprint density at radius 3 is 3.00 bits per heavy atom. The van der Waals surface area contributed by atoms with Crippen molar-refractivity contribution in [2.45, 2.75) is 49.6 Å². The van der Waals surface area contributed by atoms with Gasteiger partial charge in [-0.05, 0) is 12.8 Å². The van der Waals surface area contributed by atoms with Gasteiger partial charge in [0, 0.05) is 12.8 Å². The number of carboxylic acids is 1. The second-order valence-corrected chi connectivity index (χ2v) is 7.04. The highest BCUT2D eigenvalue weighted by molar-refractivity contribution is 7.89. The van der Waals surface area contributed by atoms with Crippen LogP contribution in [0.15, 0.2) is 17.3 Å². The van der Waals surface area contributed by atoms with Crippen LogP contribution in [0.4, 0.5) is 0 Å². The van der Waals surface area contributed by atoms with Crippen molar-refractivity contribution in [2.24, 2.45) is 0 Å². The fraction of sp³-hybridized carbons (Fsp3) is 0.692. The van der Waals surface area contributed by atoms with Gasteiger partial charge in [0.25, 0.3) is 0 Å². The van der Waals surface area contributed by atoms with E-state index in [1.54, 1.807) is 4.68 Å². The molecule has 2 heterocycles. The van der Waals surface area contributed by atoms with Crippen molar-refractivity contribution in [3.05, 3.63) is 12.4 Å². The number of carbonyl (C=O) groups is 1. The van der Waals surface area contributed by atoms with E-state index in [1.807, 2.05) is 6.92 Å². The van der Waals surface area contributed by atoms with Gasteiger partial charge in [-0.3, -0.25) is 9.48 Å². The minimum absolute atomic E-state index is 0.0258. The molecule has 0 amide bonds. The molecule has 1 aromatic heterocycles. The van der Waals surface area contributed by atoms with Crippen LogP contribution < -0.4 is 4.72 Å². The first-order chi connectivity index (χ1) is 10.4. The number of rotatable bonds is 8. The average molecular weight is 331 g/mol. The largest absolute Gasteiger partial charge is 0.480 e. The van der Waals surface area contributed by atoms with E-state index in [9.17, 15) is 13.2 Å². The summed E-state index contributed by atoms with van der Waals surface area (Å²) in [7, 11) is -3.90. The van der Waals surface area contributed by atoms with Crippen molar-refractivity contribution < 1.29 is 23.1 Å². The summed E-state index contributed by atoms with van der Waals surface area (Å²) in [6.45, 7) is 3.05. The molecule has 22 heavy (non-hydrogen) atoms. The number of aromatic nitrogens is 2. The summed E-state index contributed by atoms with van der Waals surface area (Å²) in [5.74, 6) is -1.17. The van der Waals surface area contributed by atoms with Crippen LogP contribution in [0, 0.1) is 0 Å². The molecule has 8 nitrogen and oxygen atoms in total. The Labute approximate surface area is 129 Å².